The van der Waals surface area contributed by atoms with Gasteiger partial charge in [0.05, 0.1) is 5.56 Å². The van der Waals surface area contributed by atoms with Crippen LogP contribution < -0.4 is 5.32 Å². The number of carbonyl (C=O) groups excluding carboxylic acids is 1. The van der Waals surface area contributed by atoms with Crippen molar-refractivity contribution in [3.8, 4) is 0 Å². The molecular formula is C13H11ClN2O3. The summed E-state index contributed by atoms with van der Waals surface area (Å²) in [6, 6.07) is 4.23. The van der Waals surface area contributed by atoms with E-state index in [9.17, 15) is 9.59 Å². The first-order valence-corrected chi connectivity index (χ1v) is 5.94. The van der Waals surface area contributed by atoms with Crippen LogP contribution in [-0.4, -0.2) is 28.0 Å². The summed E-state index contributed by atoms with van der Waals surface area (Å²) in [6.07, 6.45) is 2.97. The minimum absolute atomic E-state index is 0.260. The standard InChI is InChI=1S/C13H11ClN2O3/c1-7(13(18)19)16-12(17)9-6-15-5-8-3-2-4-10(14)11(8)9/h2-7H,1H3,(H,16,17)(H,18,19). The molecule has 1 amide bonds. The van der Waals surface area contributed by atoms with Crippen molar-refractivity contribution in [2.24, 2.45) is 0 Å². The first-order chi connectivity index (χ1) is 9.00. The highest BCUT2D eigenvalue weighted by molar-refractivity contribution is 6.36. The van der Waals surface area contributed by atoms with Gasteiger partial charge in [0.1, 0.15) is 6.04 Å². The molecule has 0 aliphatic rings. The maximum atomic E-state index is 12.1. The number of nitrogens with one attached hydrogen (secondary N) is 1. The number of carboxylic acid groups (broad SMARTS) is 1. The number of benzene rings is 1. The van der Waals surface area contributed by atoms with E-state index in [-0.39, 0.29) is 5.56 Å². The number of aliphatic carboxylic acids is 1. The Labute approximate surface area is 114 Å². The van der Waals surface area contributed by atoms with Gasteiger partial charge in [-0.25, -0.2) is 0 Å². The second-order valence-electron chi connectivity index (χ2n) is 4.06. The minimum atomic E-state index is -1.10. The summed E-state index contributed by atoms with van der Waals surface area (Å²) in [7, 11) is 0. The lowest BCUT2D eigenvalue weighted by Gasteiger charge is -2.11. The maximum absolute atomic E-state index is 12.1. The van der Waals surface area contributed by atoms with E-state index in [1.165, 1.54) is 13.1 Å². The van der Waals surface area contributed by atoms with E-state index >= 15 is 0 Å². The number of fused-ring (bicyclic) bond motifs is 1. The summed E-state index contributed by atoms with van der Waals surface area (Å²) in [4.78, 5) is 26.8. The third-order valence-corrected chi connectivity index (χ3v) is 3.01. The highest BCUT2D eigenvalue weighted by Crippen LogP contribution is 2.25. The number of hydrogen-bond donors (Lipinski definition) is 2. The molecule has 1 heterocycles. The molecule has 0 fully saturated rings. The number of hydrogen-bond acceptors (Lipinski definition) is 3. The number of aromatic nitrogens is 1. The monoisotopic (exact) mass is 278 g/mol. The Bertz CT molecular complexity index is 652. The van der Waals surface area contributed by atoms with Gasteiger partial charge in [0.15, 0.2) is 0 Å². The van der Waals surface area contributed by atoms with Gasteiger partial charge in [0, 0.05) is 28.2 Å². The predicted octanol–water partition coefficient (Wildman–Crippen LogP) is 2.09. The van der Waals surface area contributed by atoms with Gasteiger partial charge < -0.3 is 10.4 Å². The lowest BCUT2D eigenvalue weighted by atomic mass is 10.1. The van der Waals surface area contributed by atoms with Crippen molar-refractivity contribution in [3.63, 3.8) is 0 Å². The summed E-state index contributed by atoms with van der Waals surface area (Å²) in [5.41, 5.74) is 0.260. The zero-order chi connectivity index (χ0) is 14.0. The van der Waals surface area contributed by atoms with Crippen molar-refractivity contribution >= 4 is 34.2 Å². The third kappa shape index (κ3) is 2.66. The van der Waals surface area contributed by atoms with E-state index in [1.54, 1.807) is 24.4 Å². The zero-order valence-electron chi connectivity index (χ0n) is 10.1. The largest absolute Gasteiger partial charge is 0.480 e. The Morgan fingerprint density at radius 1 is 1.37 bits per heavy atom. The fraction of sp³-hybridized carbons (Fsp3) is 0.154. The molecule has 1 atom stereocenters. The molecule has 1 unspecified atom stereocenters. The Hall–Kier alpha value is -2.14. The summed E-state index contributed by atoms with van der Waals surface area (Å²) in [5, 5.41) is 12.9. The third-order valence-electron chi connectivity index (χ3n) is 2.70. The van der Waals surface area contributed by atoms with Gasteiger partial charge in [-0.15, -0.1) is 0 Å². The number of nitrogens with zero attached hydrogens (tertiary/aromatic N) is 1. The van der Waals surface area contributed by atoms with Crippen molar-refractivity contribution in [2.75, 3.05) is 0 Å². The van der Waals surface area contributed by atoms with Gasteiger partial charge in [-0.2, -0.15) is 0 Å². The predicted molar refractivity (Wildman–Crippen MR) is 71.3 cm³/mol. The van der Waals surface area contributed by atoms with E-state index in [0.717, 1.165) is 5.39 Å². The molecule has 5 nitrogen and oxygen atoms in total. The molecule has 0 saturated carbocycles. The molecule has 2 aromatic rings. The fourth-order valence-corrected chi connectivity index (χ4v) is 1.98. The lowest BCUT2D eigenvalue weighted by molar-refractivity contribution is -0.138. The second kappa shape index (κ2) is 5.24. The molecule has 19 heavy (non-hydrogen) atoms. The SMILES string of the molecule is CC(NC(=O)c1cncc2cccc(Cl)c12)C(=O)O. The highest BCUT2D eigenvalue weighted by atomic mass is 35.5. The van der Waals surface area contributed by atoms with E-state index in [1.807, 2.05) is 0 Å². The van der Waals surface area contributed by atoms with Crippen LogP contribution in [0.5, 0.6) is 0 Å². The highest BCUT2D eigenvalue weighted by Gasteiger charge is 2.18. The maximum Gasteiger partial charge on any atom is 0.325 e. The second-order valence-corrected chi connectivity index (χ2v) is 4.47. The molecule has 0 saturated heterocycles. The van der Waals surface area contributed by atoms with Crippen LogP contribution in [0.2, 0.25) is 5.02 Å². The quantitative estimate of drug-likeness (QED) is 0.901. The van der Waals surface area contributed by atoms with Crippen molar-refractivity contribution in [1.29, 1.82) is 0 Å². The van der Waals surface area contributed by atoms with Crippen molar-refractivity contribution < 1.29 is 14.7 Å². The Balaban J connectivity index is 2.45. The molecule has 1 aromatic heterocycles. The fourth-order valence-electron chi connectivity index (χ4n) is 1.70. The van der Waals surface area contributed by atoms with Crippen LogP contribution in [0.15, 0.2) is 30.6 Å². The topological polar surface area (TPSA) is 79.3 Å². The van der Waals surface area contributed by atoms with Crippen LogP contribution in [0.25, 0.3) is 10.8 Å². The molecule has 2 rings (SSSR count). The number of carbonyl (C=O) groups is 2. The molecule has 0 bridgehead atoms. The van der Waals surface area contributed by atoms with Gasteiger partial charge in [-0.3, -0.25) is 14.6 Å². The molecule has 6 heteroatoms. The molecule has 0 aliphatic carbocycles. The minimum Gasteiger partial charge on any atom is -0.480 e. The normalized spacial score (nSPS) is 12.1. The van der Waals surface area contributed by atoms with Crippen LogP contribution in [0.1, 0.15) is 17.3 Å². The van der Waals surface area contributed by atoms with E-state index < -0.39 is 17.9 Å². The van der Waals surface area contributed by atoms with Crippen LogP contribution in [0.3, 0.4) is 0 Å². The summed E-state index contributed by atoms with van der Waals surface area (Å²) in [6.45, 7) is 1.39. The van der Waals surface area contributed by atoms with E-state index in [4.69, 9.17) is 16.7 Å². The van der Waals surface area contributed by atoms with Gasteiger partial charge in [-0.1, -0.05) is 23.7 Å². The summed E-state index contributed by atoms with van der Waals surface area (Å²) < 4.78 is 0. The van der Waals surface area contributed by atoms with Crippen LogP contribution >= 0.6 is 11.6 Å². The lowest BCUT2D eigenvalue weighted by Crippen LogP contribution is -2.38. The molecule has 0 aliphatic heterocycles. The van der Waals surface area contributed by atoms with Crippen molar-refractivity contribution in [2.45, 2.75) is 13.0 Å². The average molecular weight is 279 g/mol. The van der Waals surface area contributed by atoms with Gasteiger partial charge in [0.2, 0.25) is 0 Å². The van der Waals surface area contributed by atoms with Crippen LogP contribution in [0, 0.1) is 0 Å². The van der Waals surface area contributed by atoms with Gasteiger partial charge in [0.25, 0.3) is 5.91 Å². The molecular weight excluding hydrogens is 268 g/mol. The van der Waals surface area contributed by atoms with Gasteiger partial charge in [-0.05, 0) is 13.0 Å². The smallest absolute Gasteiger partial charge is 0.325 e. The summed E-state index contributed by atoms with van der Waals surface area (Å²) >= 11 is 6.08. The average Bonchev–Trinajstić information content (AvgIpc) is 2.38. The number of rotatable bonds is 3. The van der Waals surface area contributed by atoms with E-state index in [0.29, 0.717) is 10.4 Å². The van der Waals surface area contributed by atoms with Crippen LogP contribution in [0.4, 0.5) is 0 Å². The Morgan fingerprint density at radius 3 is 2.79 bits per heavy atom. The Kier molecular flexibility index (Phi) is 3.66. The number of carboxylic acids is 1. The Morgan fingerprint density at radius 2 is 2.11 bits per heavy atom. The molecule has 1 aromatic carbocycles. The molecule has 98 valence electrons. The number of amides is 1. The number of halogens is 1. The van der Waals surface area contributed by atoms with Crippen LogP contribution in [-0.2, 0) is 4.79 Å². The van der Waals surface area contributed by atoms with Crippen molar-refractivity contribution in [3.05, 3.63) is 41.2 Å². The number of pyridine rings is 1. The first kappa shape index (κ1) is 13.3. The zero-order valence-corrected chi connectivity index (χ0v) is 10.8. The first-order valence-electron chi connectivity index (χ1n) is 5.56. The summed E-state index contributed by atoms with van der Waals surface area (Å²) in [5.74, 6) is -1.62. The molecule has 0 radical (unpaired) electrons. The van der Waals surface area contributed by atoms with E-state index in [2.05, 4.69) is 10.3 Å². The molecule has 2 N–H and O–H groups in total. The molecule has 0 spiro atoms. The van der Waals surface area contributed by atoms with Crippen molar-refractivity contribution in [1.82, 2.24) is 10.3 Å². The van der Waals surface area contributed by atoms with Gasteiger partial charge >= 0.3 is 5.97 Å².